The SMILES string of the molecule is COc1ccc(NC(=O)CCCc2nc3ccccc3s2)c(OC)c1. The highest BCUT2D eigenvalue weighted by atomic mass is 32.1. The number of nitrogens with zero attached hydrogens (tertiary/aromatic N) is 1. The zero-order valence-corrected chi connectivity index (χ0v) is 15.1. The third-order valence-corrected chi connectivity index (χ3v) is 4.91. The fourth-order valence-corrected chi connectivity index (χ4v) is 3.55. The van der Waals surface area contributed by atoms with Crippen LogP contribution in [0.5, 0.6) is 11.5 Å². The number of aromatic nitrogens is 1. The van der Waals surface area contributed by atoms with Crippen molar-refractivity contribution in [2.24, 2.45) is 0 Å². The second-order valence-corrected chi connectivity index (χ2v) is 6.66. The van der Waals surface area contributed by atoms with Gasteiger partial charge in [0, 0.05) is 12.5 Å². The van der Waals surface area contributed by atoms with E-state index in [-0.39, 0.29) is 5.91 Å². The zero-order chi connectivity index (χ0) is 17.6. The molecule has 0 spiro atoms. The quantitative estimate of drug-likeness (QED) is 0.686. The van der Waals surface area contributed by atoms with Gasteiger partial charge in [-0.15, -0.1) is 11.3 Å². The van der Waals surface area contributed by atoms with Gasteiger partial charge in [-0.2, -0.15) is 0 Å². The van der Waals surface area contributed by atoms with E-state index in [4.69, 9.17) is 9.47 Å². The van der Waals surface area contributed by atoms with Gasteiger partial charge in [0.25, 0.3) is 0 Å². The highest BCUT2D eigenvalue weighted by Gasteiger charge is 2.10. The number of methoxy groups -OCH3 is 2. The van der Waals surface area contributed by atoms with Gasteiger partial charge in [0.2, 0.25) is 5.91 Å². The predicted molar refractivity (Wildman–Crippen MR) is 101 cm³/mol. The topological polar surface area (TPSA) is 60.5 Å². The summed E-state index contributed by atoms with van der Waals surface area (Å²) in [6.07, 6.45) is 1.99. The number of nitrogens with one attached hydrogen (secondary N) is 1. The average molecular weight is 356 g/mol. The lowest BCUT2D eigenvalue weighted by Crippen LogP contribution is -2.12. The number of thiazole rings is 1. The number of hydrogen-bond donors (Lipinski definition) is 1. The summed E-state index contributed by atoms with van der Waals surface area (Å²) in [6, 6.07) is 13.4. The van der Waals surface area contributed by atoms with E-state index >= 15 is 0 Å². The predicted octanol–water partition coefficient (Wildman–Crippen LogP) is 4.27. The molecule has 1 N–H and O–H groups in total. The summed E-state index contributed by atoms with van der Waals surface area (Å²) in [6.45, 7) is 0. The van der Waals surface area contributed by atoms with Crippen molar-refractivity contribution in [1.29, 1.82) is 0 Å². The van der Waals surface area contributed by atoms with Crippen molar-refractivity contribution in [2.75, 3.05) is 19.5 Å². The highest BCUT2D eigenvalue weighted by molar-refractivity contribution is 7.18. The maximum Gasteiger partial charge on any atom is 0.224 e. The molecule has 3 aromatic rings. The minimum Gasteiger partial charge on any atom is -0.497 e. The van der Waals surface area contributed by atoms with Crippen LogP contribution in [0.25, 0.3) is 10.2 Å². The van der Waals surface area contributed by atoms with E-state index in [0.717, 1.165) is 23.4 Å². The van der Waals surface area contributed by atoms with Crippen LogP contribution in [0.3, 0.4) is 0 Å². The Hall–Kier alpha value is -2.60. The Labute approximate surface area is 150 Å². The maximum absolute atomic E-state index is 12.2. The van der Waals surface area contributed by atoms with Gasteiger partial charge in [-0.05, 0) is 37.1 Å². The molecule has 0 aliphatic rings. The minimum atomic E-state index is -0.0374. The number of rotatable bonds is 7. The molecule has 0 fully saturated rings. The van der Waals surface area contributed by atoms with Crippen molar-refractivity contribution in [1.82, 2.24) is 4.98 Å². The van der Waals surface area contributed by atoms with Crippen molar-refractivity contribution >= 4 is 33.1 Å². The number of aryl methyl sites for hydroxylation is 1. The Balaban J connectivity index is 1.54. The summed E-state index contributed by atoms with van der Waals surface area (Å²) in [4.78, 5) is 16.8. The molecule has 0 radical (unpaired) electrons. The van der Waals surface area contributed by atoms with E-state index in [0.29, 0.717) is 23.6 Å². The van der Waals surface area contributed by atoms with Crippen LogP contribution in [0, 0.1) is 0 Å². The molecular weight excluding hydrogens is 336 g/mol. The third kappa shape index (κ3) is 4.28. The molecule has 1 aromatic heterocycles. The van der Waals surface area contributed by atoms with E-state index in [1.54, 1.807) is 43.8 Å². The van der Waals surface area contributed by atoms with Crippen molar-refractivity contribution in [3.05, 3.63) is 47.5 Å². The minimum absolute atomic E-state index is 0.0374. The second-order valence-electron chi connectivity index (χ2n) is 5.54. The fraction of sp³-hybridized carbons (Fsp3) is 0.263. The second kappa shape index (κ2) is 7.98. The first-order valence-corrected chi connectivity index (χ1v) is 8.87. The Morgan fingerprint density at radius 3 is 2.76 bits per heavy atom. The molecule has 2 aromatic carbocycles. The lowest BCUT2D eigenvalue weighted by molar-refractivity contribution is -0.116. The molecule has 0 saturated heterocycles. The summed E-state index contributed by atoms with van der Waals surface area (Å²) in [5.41, 5.74) is 1.67. The number of amides is 1. The molecular formula is C19H20N2O3S. The zero-order valence-electron chi connectivity index (χ0n) is 14.2. The van der Waals surface area contributed by atoms with Crippen LogP contribution in [0.2, 0.25) is 0 Å². The molecule has 0 atom stereocenters. The Morgan fingerprint density at radius 2 is 2.00 bits per heavy atom. The Kier molecular flexibility index (Phi) is 5.50. The summed E-state index contributed by atoms with van der Waals surface area (Å²) in [5, 5.41) is 3.95. The smallest absolute Gasteiger partial charge is 0.224 e. The van der Waals surface area contributed by atoms with E-state index in [2.05, 4.69) is 16.4 Å². The summed E-state index contributed by atoms with van der Waals surface area (Å²) in [5.74, 6) is 1.23. The molecule has 0 aliphatic heterocycles. The first kappa shape index (κ1) is 17.2. The van der Waals surface area contributed by atoms with Crippen molar-refractivity contribution < 1.29 is 14.3 Å². The average Bonchev–Trinajstić information content (AvgIpc) is 3.04. The van der Waals surface area contributed by atoms with E-state index in [9.17, 15) is 4.79 Å². The van der Waals surface area contributed by atoms with Gasteiger partial charge < -0.3 is 14.8 Å². The molecule has 6 heteroatoms. The molecule has 0 saturated carbocycles. The molecule has 130 valence electrons. The van der Waals surface area contributed by atoms with E-state index in [1.165, 1.54) is 4.70 Å². The van der Waals surface area contributed by atoms with E-state index < -0.39 is 0 Å². The van der Waals surface area contributed by atoms with Gasteiger partial charge in [-0.3, -0.25) is 4.79 Å². The number of ether oxygens (including phenoxy) is 2. The van der Waals surface area contributed by atoms with Crippen LogP contribution in [0.15, 0.2) is 42.5 Å². The van der Waals surface area contributed by atoms with Crippen molar-refractivity contribution in [3.63, 3.8) is 0 Å². The summed E-state index contributed by atoms with van der Waals surface area (Å²) in [7, 11) is 3.16. The van der Waals surface area contributed by atoms with Crippen LogP contribution >= 0.6 is 11.3 Å². The number of carbonyl (C=O) groups excluding carboxylic acids is 1. The van der Waals surface area contributed by atoms with Crippen LogP contribution < -0.4 is 14.8 Å². The summed E-state index contributed by atoms with van der Waals surface area (Å²) < 4.78 is 11.6. The lowest BCUT2D eigenvalue weighted by Gasteiger charge is -2.11. The molecule has 1 amide bonds. The van der Waals surface area contributed by atoms with Crippen LogP contribution in [0.4, 0.5) is 5.69 Å². The largest absolute Gasteiger partial charge is 0.497 e. The molecule has 0 unspecified atom stereocenters. The molecule has 3 rings (SSSR count). The molecule has 5 nitrogen and oxygen atoms in total. The third-order valence-electron chi connectivity index (χ3n) is 3.82. The number of para-hydroxylation sites is 1. The standard InChI is InChI=1S/C19H20N2O3S/c1-23-13-10-11-14(16(12-13)24-2)20-18(22)8-5-9-19-21-15-6-3-4-7-17(15)25-19/h3-4,6-7,10-12H,5,8-9H2,1-2H3,(H,20,22). The number of anilines is 1. The normalized spacial score (nSPS) is 10.6. The Morgan fingerprint density at radius 1 is 1.16 bits per heavy atom. The van der Waals surface area contributed by atoms with Crippen LogP contribution in [-0.4, -0.2) is 25.1 Å². The monoisotopic (exact) mass is 356 g/mol. The highest BCUT2D eigenvalue weighted by Crippen LogP contribution is 2.29. The van der Waals surface area contributed by atoms with Gasteiger partial charge in [-0.1, -0.05) is 12.1 Å². The van der Waals surface area contributed by atoms with Crippen LogP contribution in [-0.2, 0) is 11.2 Å². The van der Waals surface area contributed by atoms with Gasteiger partial charge in [-0.25, -0.2) is 4.98 Å². The summed E-state index contributed by atoms with van der Waals surface area (Å²) >= 11 is 1.69. The molecule has 25 heavy (non-hydrogen) atoms. The first-order chi connectivity index (χ1) is 12.2. The van der Waals surface area contributed by atoms with Gasteiger partial charge >= 0.3 is 0 Å². The first-order valence-electron chi connectivity index (χ1n) is 8.06. The number of fused-ring (bicyclic) bond motifs is 1. The van der Waals surface area contributed by atoms with E-state index in [1.807, 2.05) is 18.2 Å². The van der Waals surface area contributed by atoms with Crippen molar-refractivity contribution in [3.8, 4) is 11.5 Å². The van der Waals surface area contributed by atoms with Gasteiger partial charge in [0.15, 0.2) is 0 Å². The van der Waals surface area contributed by atoms with Crippen LogP contribution in [0.1, 0.15) is 17.8 Å². The lowest BCUT2D eigenvalue weighted by atomic mass is 10.2. The van der Waals surface area contributed by atoms with Gasteiger partial charge in [0.1, 0.15) is 11.5 Å². The number of carbonyl (C=O) groups is 1. The Bertz CT molecular complexity index is 843. The molecule has 1 heterocycles. The molecule has 0 aliphatic carbocycles. The molecule has 0 bridgehead atoms. The number of benzene rings is 2. The fourth-order valence-electron chi connectivity index (χ4n) is 2.54. The van der Waals surface area contributed by atoms with Crippen molar-refractivity contribution in [2.45, 2.75) is 19.3 Å². The van der Waals surface area contributed by atoms with Gasteiger partial charge in [0.05, 0.1) is 35.1 Å². The maximum atomic E-state index is 12.2. The number of hydrogen-bond acceptors (Lipinski definition) is 5.